The van der Waals surface area contributed by atoms with Gasteiger partial charge in [-0.3, -0.25) is 4.57 Å². The van der Waals surface area contributed by atoms with Crippen LogP contribution >= 0.6 is 0 Å². The van der Waals surface area contributed by atoms with Crippen LogP contribution in [0.4, 0.5) is 10.6 Å². The van der Waals surface area contributed by atoms with Crippen molar-refractivity contribution in [2.24, 2.45) is 5.92 Å². The molecule has 0 saturated carbocycles. The molecule has 244 valence electrons. The smallest absolute Gasteiger partial charge is 0.407 e. The molecule has 9 heteroatoms. The molecule has 0 aromatic heterocycles. The van der Waals surface area contributed by atoms with E-state index in [1.807, 2.05) is 36.8 Å². The maximum Gasteiger partial charge on any atom is 0.407 e. The standard InChI is InChI=1S/C38H45N5O3Si/c1-37(2,3)47(4,5)46-26-28-23-32(25-42(24-28)36(44)45)41-34-33-21-22-39-35(33)43(27-40-34)38(29-15-9-6-10-16-29,30-17-11-7-12-18-30)31-19-13-8-14-20-31/h6-22,27-28,32,41H,23-26H2,1-5H3,(H,44,45)/t28-,32+/m0/s1. The van der Waals surface area contributed by atoms with E-state index in [4.69, 9.17) is 14.4 Å². The van der Waals surface area contributed by atoms with Crippen molar-refractivity contribution in [3.05, 3.63) is 126 Å². The zero-order valence-electron chi connectivity index (χ0n) is 27.9. The van der Waals surface area contributed by atoms with Crippen molar-refractivity contribution in [3.63, 3.8) is 0 Å². The van der Waals surface area contributed by atoms with Crippen LogP contribution in [0.5, 0.6) is 0 Å². The van der Waals surface area contributed by atoms with Gasteiger partial charge in [0.1, 0.15) is 17.2 Å². The number of hydrogen-bond acceptors (Lipinski definition) is 5. The first-order chi connectivity index (χ1) is 22.5. The van der Waals surface area contributed by atoms with Crippen LogP contribution in [0, 0.1) is 5.92 Å². The van der Waals surface area contributed by atoms with E-state index in [1.165, 1.54) is 4.90 Å². The molecule has 3 aromatic carbocycles. The Balaban J connectivity index is 1.39. The second kappa shape index (κ2) is 13.0. The summed E-state index contributed by atoms with van der Waals surface area (Å²) in [6.07, 6.45) is 3.57. The summed E-state index contributed by atoms with van der Waals surface area (Å²) in [4.78, 5) is 23.7. The molecular formula is C38H45N5O3Si. The number of benzene rings is 3. The van der Waals surface area contributed by atoms with Crippen molar-refractivity contribution in [2.75, 3.05) is 25.0 Å². The van der Waals surface area contributed by atoms with Crippen molar-refractivity contribution >= 4 is 20.2 Å². The molecule has 1 saturated heterocycles. The molecule has 8 nitrogen and oxygen atoms in total. The van der Waals surface area contributed by atoms with E-state index < -0.39 is 19.9 Å². The summed E-state index contributed by atoms with van der Waals surface area (Å²) in [6.45, 7) is 12.5. The Morgan fingerprint density at radius 2 is 1.43 bits per heavy atom. The summed E-state index contributed by atoms with van der Waals surface area (Å²) < 4.78 is 8.73. The molecule has 6 rings (SSSR count). The first-order valence-corrected chi connectivity index (χ1v) is 19.3. The van der Waals surface area contributed by atoms with Crippen LogP contribution in [0.1, 0.15) is 43.9 Å². The number of amides is 1. The summed E-state index contributed by atoms with van der Waals surface area (Å²) >= 11 is 0. The van der Waals surface area contributed by atoms with Gasteiger partial charge in [-0.05, 0) is 47.3 Å². The predicted molar refractivity (Wildman–Crippen MR) is 190 cm³/mol. The molecule has 3 heterocycles. The van der Waals surface area contributed by atoms with Gasteiger partial charge in [-0.1, -0.05) is 112 Å². The Bertz CT molecular complexity index is 1660. The number of carbonyl (C=O) groups is 1. The fourth-order valence-corrected chi connectivity index (χ4v) is 7.67. The minimum atomic E-state index is -1.98. The van der Waals surface area contributed by atoms with Gasteiger partial charge < -0.3 is 19.7 Å². The first kappa shape index (κ1) is 32.5. The zero-order chi connectivity index (χ0) is 33.2. The maximum atomic E-state index is 12.2. The van der Waals surface area contributed by atoms with Crippen molar-refractivity contribution < 1.29 is 14.3 Å². The van der Waals surface area contributed by atoms with E-state index in [2.05, 4.69) is 117 Å². The predicted octanol–water partition coefficient (Wildman–Crippen LogP) is 8.03. The fourth-order valence-electron chi connectivity index (χ4n) is 6.58. The lowest BCUT2D eigenvalue weighted by molar-refractivity contribution is 0.0969. The fraction of sp³-hybridized carbons (Fsp3) is 0.342. The number of nitrogens with one attached hydrogen (secondary N) is 1. The van der Waals surface area contributed by atoms with Crippen LogP contribution in [0.15, 0.2) is 110 Å². The van der Waals surface area contributed by atoms with Crippen LogP contribution < -0.4 is 5.32 Å². The van der Waals surface area contributed by atoms with Crippen molar-refractivity contribution in [1.29, 1.82) is 0 Å². The highest BCUT2D eigenvalue weighted by molar-refractivity contribution is 6.74. The highest BCUT2D eigenvalue weighted by atomic mass is 28.4. The average molecular weight is 648 g/mol. The lowest BCUT2D eigenvalue weighted by atomic mass is 9.76. The van der Waals surface area contributed by atoms with Gasteiger partial charge in [-0.25, -0.2) is 14.8 Å². The summed E-state index contributed by atoms with van der Waals surface area (Å²) in [5, 5.41) is 13.7. The van der Waals surface area contributed by atoms with Gasteiger partial charge in [0.2, 0.25) is 0 Å². The lowest BCUT2D eigenvalue weighted by Gasteiger charge is -2.41. The quantitative estimate of drug-likeness (QED) is 0.124. The highest BCUT2D eigenvalue weighted by Crippen LogP contribution is 2.44. The van der Waals surface area contributed by atoms with Crippen molar-refractivity contribution in [2.45, 2.75) is 56.9 Å². The van der Waals surface area contributed by atoms with E-state index in [9.17, 15) is 9.90 Å². The summed E-state index contributed by atoms with van der Waals surface area (Å²) in [5.41, 5.74) is 3.38. The molecule has 47 heavy (non-hydrogen) atoms. The van der Waals surface area contributed by atoms with Gasteiger partial charge in [0.05, 0.1) is 11.9 Å². The van der Waals surface area contributed by atoms with Gasteiger partial charge in [-0.15, -0.1) is 0 Å². The summed E-state index contributed by atoms with van der Waals surface area (Å²) in [7, 11) is -1.98. The number of aromatic nitrogens is 3. The number of nitrogens with zero attached hydrogens (tertiary/aromatic N) is 4. The van der Waals surface area contributed by atoms with Gasteiger partial charge in [0, 0.05) is 37.9 Å². The maximum absolute atomic E-state index is 12.2. The number of rotatable bonds is 9. The topological polar surface area (TPSA) is 92.5 Å². The van der Waals surface area contributed by atoms with Gasteiger partial charge in [0.15, 0.2) is 8.32 Å². The number of fused-ring (bicyclic) bond motifs is 1. The molecule has 3 aliphatic heterocycles. The summed E-state index contributed by atoms with van der Waals surface area (Å²) in [6, 6.07) is 33.3. The molecule has 0 spiro atoms. The van der Waals surface area contributed by atoms with Crippen molar-refractivity contribution in [1.82, 2.24) is 19.4 Å². The Kier molecular flexibility index (Phi) is 8.96. The third kappa shape index (κ3) is 6.29. The van der Waals surface area contributed by atoms with Crippen LogP contribution in [-0.4, -0.2) is 64.7 Å². The SMILES string of the molecule is CC(C)(C)[Si](C)(C)OC[C@H]1C[C@@H](Nc2ncn(C(c3ccccc3)(c3ccccc3)c3ccccc3)c3nccc2-3)CN(C(=O)O)C1. The number of carboxylic acid groups (broad SMARTS) is 1. The van der Waals surface area contributed by atoms with E-state index in [-0.39, 0.29) is 17.0 Å². The number of hydrogen-bond donors (Lipinski definition) is 2. The Hall–Kier alpha value is -4.47. The van der Waals surface area contributed by atoms with E-state index in [1.54, 1.807) is 0 Å². The van der Waals surface area contributed by atoms with E-state index in [0.29, 0.717) is 25.5 Å². The number of anilines is 1. The van der Waals surface area contributed by atoms with Crippen LogP contribution in [0.3, 0.4) is 0 Å². The second-order valence-electron chi connectivity index (χ2n) is 14.2. The Morgan fingerprint density at radius 1 is 0.872 bits per heavy atom. The Morgan fingerprint density at radius 3 is 1.94 bits per heavy atom. The monoisotopic (exact) mass is 647 g/mol. The lowest BCUT2D eigenvalue weighted by Crippen LogP contribution is -2.51. The van der Waals surface area contributed by atoms with Crippen LogP contribution in [0.25, 0.3) is 11.4 Å². The molecule has 2 atom stereocenters. The average Bonchev–Trinajstić information content (AvgIpc) is 3.57. The molecule has 0 unspecified atom stereocenters. The van der Waals surface area contributed by atoms with E-state index in [0.717, 1.165) is 34.5 Å². The van der Waals surface area contributed by atoms with Gasteiger partial charge in [-0.2, -0.15) is 0 Å². The zero-order valence-corrected chi connectivity index (χ0v) is 28.9. The molecule has 1 fully saturated rings. The molecule has 0 radical (unpaired) electrons. The molecule has 3 aliphatic rings. The minimum absolute atomic E-state index is 0.0790. The first-order valence-electron chi connectivity index (χ1n) is 16.4. The number of piperidine rings is 1. The normalized spacial score (nSPS) is 17.5. The molecule has 0 aliphatic carbocycles. The largest absolute Gasteiger partial charge is 0.465 e. The Labute approximate surface area is 278 Å². The van der Waals surface area contributed by atoms with Gasteiger partial charge in [0.25, 0.3) is 0 Å². The minimum Gasteiger partial charge on any atom is -0.465 e. The van der Waals surface area contributed by atoms with Crippen LogP contribution in [-0.2, 0) is 9.96 Å². The molecule has 3 aromatic rings. The summed E-state index contributed by atoms with van der Waals surface area (Å²) in [5.74, 6) is 1.55. The van der Waals surface area contributed by atoms with Crippen molar-refractivity contribution in [3.8, 4) is 11.4 Å². The van der Waals surface area contributed by atoms with Gasteiger partial charge >= 0.3 is 6.09 Å². The molecule has 2 N–H and O–H groups in total. The van der Waals surface area contributed by atoms with Crippen LogP contribution in [0.2, 0.25) is 18.1 Å². The highest BCUT2D eigenvalue weighted by Gasteiger charge is 2.42. The third-order valence-electron chi connectivity index (χ3n) is 10.0. The molecule has 1 amide bonds. The second-order valence-corrected chi connectivity index (χ2v) is 19.0. The van der Waals surface area contributed by atoms with E-state index >= 15 is 0 Å². The molecular weight excluding hydrogens is 603 g/mol. The molecule has 0 bridgehead atoms. The number of likely N-dealkylation sites (tertiary alicyclic amines) is 1. The third-order valence-corrected chi connectivity index (χ3v) is 14.5.